The van der Waals surface area contributed by atoms with Crippen molar-refractivity contribution in [1.29, 1.82) is 0 Å². The minimum Gasteiger partial charge on any atom is -0.368 e. The quantitative estimate of drug-likeness (QED) is 0.808. The average molecular weight is 304 g/mol. The number of aromatic nitrogens is 1. The van der Waals surface area contributed by atoms with Crippen LogP contribution in [-0.4, -0.2) is 42.0 Å². The fraction of sp³-hybridized carbons (Fsp3) is 0.538. The Kier molecular flexibility index (Phi) is 5.95. The van der Waals surface area contributed by atoms with Crippen molar-refractivity contribution in [2.24, 2.45) is 5.73 Å². The molecule has 0 unspecified atom stereocenters. The second-order valence-electron chi connectivity index (χ2n) is 4.41. The van der Waals surface area contributed by atoms with Crippen LogP contribution in [-0.2, 0) is 6.18 Å². The maximum atomic E-state index is 12.6. The molecule has 1 aromatic rings. The van der Waals surface area contributed by atoms with E-state index in [4.69, 9.17) is 5.73 Å². The lowest BCUT2D eigenvalue weighted by atomic mass is 10.2. The number of halogens is 3. The Morgan fingerprint density at radius 1 is 1.33 bits per heavy atom. The molecule has 0 aliphatic heterocycles. The Labute approximate surface area is 121 Å². The third kappa shape index (κ3) is 4.89. The molecule has 0 saturated carbocycles. The van der Waals surface area contributed by atoms with Crippen LogP contribution in [0.25, 0.3) is 0 Å². The highest BCUT2D eigenvalue weighted by Gasteiger charge is 2.33. The summed E-state index contributed by atoms with van der Waals surface area (Å²) in [7, 11) is 0. The molecule has 1 heterocycles. The Morgan fingerprint density at radius 2 is 1.95 bits per heavy atom. The van der Waals surface area contributed by atoms with Crippen LogP contribution < -0.4 is 11.1 Å². The van der Waals surface area contributed by atoms with E-state index in [1.807, 2.05) is 13.8 Å². The van der Waals surface area contributed by atoms with E-state index in [1.165, 1.54) is 0 Å². The highest BCUT2D eigenvalue weighted by atomic mass is 19.4. The van der Waals surface area contributed by atoms with Gasteiger partial charge in [-0.1, -0.05) is 13.8 Å². The largest absolute Gasteiger partial charge is 0.433 e. The number of hydrogen-bond acceptors (Lipinski definition) is 4. The van der Waals surface area contributed by atoms with Crippen LogP contribution in [0, 0.1) is 0 Å². The molecule has 1 rings (SSSR count). The number of nitrogens with one attached hydrogen (secondary N) is 1. The number of alkyl halides is 3. The van der Waals surface area contributed by atoms with Crippen molar-refractivity contribution in [3.05, 3.63) is 23.4 Å². The summed E-state index contributed by atoms with van der Waals surface area (Å²) in [5, 5.41) is 2.75. The molecular weight excluding hydrogens is 285 g/mol. The maximum absolute atomic E-state index is 12.6. The van der Waals surface area contributed by atoms with Gasteiger partial charge in [-0.25, -0.2) is 4.98 Å². The highest BCUT2D eigenvalue weighted by Crippen LogP contribution is 2.29. The summed E-state index contributed by atoms with van der Waals surface area (Å²) in [6.07, 6.45) is -4.56. The van der Waals surface area contributed by atoms with E-state index in [0.29, 0.717) is 13.1 Å². The van der Waals surface area contributed by atoms with Gasteiger partial charge in [0.05, 0.1) is 5.56 Å². The number of nitrogens with zero attached hydrogens (tertiary/aromatic N) is 2. The van der Waals surface area contributed by atoms with Gasteiger partial charge < -0.3 is 16.0 Å². The third-order valence-corrected chi connectivity index (χ3v) is 3.07. The molecule has 0 aliphatic rings. The van der Waals surface area contributed by atoms with E-state index in [-0.39, 0.29) is 11.4 Å². The summed E-state index contributed by atoms with van der Waals surface area (Å²) >= 11 is 0. The SMILES string of the molecule is CCN(CC)CCNc1nc(C(F)(F)F)ccc1C(N)=O. The van der Waals surface area contributed by atoms with Crippen LogP contribution in [0.2, 0.25) is 0 Å². The molecule has 5 nitrogen and oxygen atoms in total. The molecule has 0 spiro atoms. The van der Waals surface area contributed by atoms with Crippen LogP contribution in [0.1, 0.15) is 29.9 Å². The first kappa shape index (κ1) is 17.2. The van der Waals surface area contributed by atoms with Crippen LogP contribution in [0.5, 0.6) is 0 Å². The first-order valence-corrected chi connectivity index (χ1v) is 6.63. The first-order valence-electron chi connectivity index (χ1n) is 6.63. The monoisotopic (exact) mass is 304 g/mol. The number of pyridine rings is 1. The zero-order valence-electron chi connectivity index (χ0n) is 12.0. The molecule has 1 amide bonds. The number of carbonyl (C=O) groups is 1. The number of rotatable bonds is 7. The molecule has 0 saturated heterocycles. The molecule has 0 atom stereocenters. The van der Waals surface area contributed by atoms with Crippen LogP contribution >= 0.6 is 0 Å². The number of hydrogen-bond donors (Lipinski definition) is 2. The number of amides is 1. The molecule has 118 valence electrons. The molecule has 0 radical (unpaired) electrons. The van der Waals surface area contributed by atoms with Crippen LogP contribution in [0.4, 0.5) is 19.0 Å². The minimum absolute atomic E-state index is 0.0532. The number of primary amides is 1. The van der Waals surface area contributed by atoms with Crippen LogP contribution in [0.15, 0.2) is 12.1 Å². The first-order chi connectivity index (χ1) is 9.79. The van der Waals surface area contributed by atoms with Gasteiger partial charge in [0.1, 0.15) is 11.5 Å². The van der Waals surface area contributed by atoms with E-state index in [1.54, 1.807) is 0 Å². The summed E-state index contributed by atoms with van der Waals surface area (Å²) in [6.45, 7) is 6.63. The van der Waals surface area contributed by atoms with Gasteiger partial charge >= 0.3 is 6.18 Å². The van der Waals surface area contributed by atoms with Crippen molar-refractivity contribution >= 4 is 11.7 Å². The molecule has 1 aromatic heterocycles. The van der Waals surface area contributed by atoms with Crippen LogP contribution in [0.3, 0.4) is 0 Å². The number of anilines is 1. The fourth-order valence-corrected chi connectivity index (χ4v) is 1.82. The van der Waals surface area contributed by atoms with Crippen molar-refractivity contribution in [1.82, 2.24) is 9.88 Å². The molecule has 0 aromatic carbocycles. The van der Waals surface area contributed by atoms with Gasteiger partial charge in [-0.05, 0) is 25.2 Å². The normalized spacial score (nSPS) is 11.7. The van der Waals surface area contributed by atoms with Crippen molar-refractivity contribution in [3.63, 3.8) is 0 Å². The molecule has 8 heteroatoms. The summed E-state index contributed by atoms with van der Waals surface area (Å²) in [4.78, 5) is 16.8. The van der Waals surface area contributed by atoms with Gasteiger partial charge in [-0.15, -0.1) is 0 Å². The maximum Gasteiger partial charge on any atom is 0.433 e. The van der Waals surface area contributed by atoms with Gasteiger partial charge in [0.2, 0.25) is 0 Å². The summed E-state index contributed by atoms with van der Waals surface area (Å²) in [5.74, 6) is -0.953. The molecule has 0 aliphatic carbocycles. The molecule has 0 bridgehead atoms. The number of carbonyl (C=O) groups excluding carboxylic acids is 1. The molecule has 0 fully saturated rings. The minimum atomic E-state index is -4.56. The lowest BCUT2D eigenvalue weighted by molar-refractivity contribution is -0.141. The zero-order valence-corrected chi connectivity index (χ0v) is 12.0. The average Bonchev–Trinajstić information content (AvgIpc) is 2.42. The Bertz CT molecular complexity index is 487. The van der Waals surface area contributed by atoms with E-state index in [0.717, 1.165) is 25.2 Å². The lowest BCUT2D eigenvalue weighted by Crippen LogP contribution is -2.29. The summed E-state index contributed by atoms with van der Waals surface area (Å²) < 4.78 is 37.9. The topological polar surface area (TPSA) is 71.2 Å². The van der Waals surface area contributed by atoms with Gasteiger partial charge in [-0.2, -0.15) is 13.2 Å². The smallest absolute Gasteiger partial charge is 0.368 e. The van der Waals surface area contributed by atoms with E-state index >= 15 is 0 Å². The Hall–Kier alpha value is -1.83. The molecular formula is C13H19F3N4O. The van der Waals surface area contributed by atoms with E-state index < -0.39 is 17.8 Å². The number of nitrogens with two attached hydrogens (primary N) is 1. The molecule has 21 heavy (non-hydrogen) atoms. The predicted octanol–water partition coefficient (Wildman–Crippen LogP) is 1.95. The standard InChI is InChI=1S/C13H19F3N4O/c1-3-20(4-2)8-7-18-12-9(11(17)21)5-6-10(19-12)13(14,15)16/h5-6H,3-4,7-8H2,1-2H3,(H2,17,21)(H,18,19). The highest BCUT2D eigenvalue weighted by molar-refractivity contribution is 5.97. The van der Waals surface area contributed by atoms with Crippen molar-refractivity contribution in [3.8, 4) is 0 Å². The second-order valence-corrected chi connectivity index (χ2v) is 4.41. The lowest BCUT2D eigenvalue weighted by Gasteiger charge is -2.19. The summed E-state index contributed by atoms with van der Waals surface area (Å²) in [5.41, 5.74) is 4.04. The van der Waals surface area contributed by atoms with Gasteiger partial charge in [0.25, 0.3) is 5.91 Å². The summed E-state index contributed by atoms with van der Waals surface area (Å²) in [6, 6.07) is 1.79. The second kappa shape index (κ2) is 7.26. The van der Waals surface area contributed by atoms with E-state index in [2.05, 4.69) is 15.2 Å². The zero-order chi connectivity index (χ0) is 16.0. The number of likely N-dealkylation sites (N-methyl/N-ethyl adjacent to an activating group) is 1. The third-order valence-electron chi connectivity index (χ3n) is 3.07. The van der Waals surface area contributed by atoms with Crippen molar-refractivity contribution < 1.29 is 18.0 Å². The Morgan fingerprint density at radius 3 is 2.43 bits per heavy atom. The fourth-order valence-electron chi connectivity index (χ4n) is 1.82. The van der Waals surface area contributed by atoms with Gasteiger partial charge in [0.15, 0.2) is 0 Å². The predicted molar refractivity (Wildman–Crippen MR) is 74.0 cm³/mol. The van der Waals surface area contributed by atoms with E-state index in [9.17, 15) is 18.0 Å². The van der Waals surface area contributed by atoms with Gasteiger partial charge in [0, 0.05) is 13.1 Å². The molecule has 3 N–H and O–H groups in total. The van der Waals surface area contributed by atoms with Crippen molar-refractivity contribution in [2.45, 2.75) is 20.0 Å². The van der Waals surface area contributed by atoms with Crippen molar-refractivity contribution in [2.75, 3.05) is 31.5 Å². The Balaban J connectivity index is 2.89. The van der Waals surface area contributed by atoms with Gasteiger partial charge in [-0.3, -0.25) is 4.79 Å².